The molecule has 0 radical (unpaired) electrons. The normalized spacial score (nSPS) is 11.8. The zero-order valence-electron chi connectivity index (χ0n) is 16.2. The van der Waals surface area contributed by atoms with E-state index >= 15 is 0 Å². The van der Waals surface area contributed by atoms with Crippen molar-refractivity contribution in [3.05, 3.63) is 53.1 Å². The number of rotatable bonds is 8. The van der Waals surface area contributed by atoms with Crippen LogP contribution in [0.5, 0.6) is 5.75 Å². The van der Waals surface area contributed by atoms with E-state index in [-0.39, 0.29) is 35.8 Å². The number of amides is 1. The second-order valence-electron chi connectivity index (χ2n) is 6.35. The standard InChI is InChI=1S/C19H20ClF3N2O4S/c1-29-17-10-9-13(12-15(17)20)25(30(2,27)28)11-5-8-18(26)24-16-7-4-3-6-14(16)19(21,22)23/h3-4,6-7,9-10,12H,5,8,11H2,1-2H3,(H,24,26). The lowest BCUT2D eigenvalue weighted by Crippen LogP contribution is -2.31. The summed E-state index contributed by atoms with van der Waals surface area (Å²) < 4.78 is 69.4. The first-order chi connectivity index (χ1) is 13.9. The van der Waals surface area contributed by atoms with Crippen LogP contribution in [0.15, 0.2) is 42.5 Å². The lowest BCUT2D eigenvalue weighted by atomic mass is 10.1. The molecule has 0 saturated carbocycles. The molecule has 0 atom stereocenters. The Morgan fingerprint density at radius 2 is 1.87 bits per heavy atom. The largest absolute Gasteiger partial charge is 0.495 e. The summed E-state index contributed by atoms with van der Waals surface area (Å²) in [4.78, 5) is 12.1. The van der Waals surface area contributed by atoms with Gasteiger partial charge in [-0.15, -0.1) is 0 Å². The third kappa shape index (κ3) is 6.27. The second-order valence-corrected chi connectivity index (χ2v) is 8.66. The third-order valence-electron chi connectivity index (χ3n) is 4.10. The average molecular weight is 465 g/mol. The van der Waals surface area contributed by atoms with Crippen LogP contribution in [0.3, 0.4) is 0 Å². The number of nitrogens with one attached hydrogen (secondary N) is 1. The highest BCUT2D eigenvalue weighted by atomic mass is 35.5. The van der Waals surface area contributed by atoms with Crippen molar-refractivity contribution < 1.29 is 31.1 Å². The minimum Gasteiger partial charge on any atom is -0.495 e. The van der Waals surface area contributed by atoms with Gasteiger partial charge in [-0.3, -0.25) is 9.10 Å². The fourth-order valence-electron chi connectivity index (χ4n) is 2.73. The molecular formula is C19H20ClF3N2O4S. The molecule has 0 aliphatic heterocycles. The van der Waals surface area contributed by atoms with E-state index < -0.39 is 27.7 Å². The monoisotopic (exact) mass is 464 g/mol. The van der Waals surface area contributed by atoms with Crippen molar-refractivity contribution in [2.45, 2.75) is 19.0 Å². The second kappa shape index (κ2) is 9.57. The van der Waals surface area contributed by atoms with Crippen molar-refractivity contribution in [3.63, 3.8) is 0 Å². The van der Waals surface area contributed by atoms with Gasteiger partial charge in [0.05, 0.1) is 35.3 Å². The minimum absolute atomic E-state index is 0.0597. The van der Waals surface area contributed by atoms with Crippen molar-refractivity contribution in [3.8, 4) is 5.75 Å². The molecule has 0 aliphatic carbocycles. The number of alkyl halides is 3. The Balaban J connectivity index is 2.06. The van der Waals surface area contributed by atoms with Gasteiger partial charge in [-0.25, -0.2) is 8.42 Å². The van der Waals surface area contributed by atoms with Crippen molar-refractivity contribution in [1.82, 2.24) is 0 Å². The zero-order chi connectivity index (χ0) is 22.5. The molecule has 6 nitrogen and oxygen atoms in total. The molecular weight excluding hydrogens is 445 g/mol. The molecule has 2 aromatic carbocycles. The highest BCUT2D eigenvalue weighted by Crippen LogP contribution is 2.34. The Labute approximate surface area is 177 Å². The molecule has 0 aromatic heterocycles. The maximum Gasteiger partial charge on any atom is 0.418 e. The number of carbonyl (C=O) groups is 1. The molecule has 0 bridgehead atoms. The maximum atomic E-state index is 13.0. The molecule has 30 heavy (non-hydrogen) atoms. The Morgan fingerprint density at radius 3 is 2.43 bits per heavy atom. The van der Waals surface area contributed by atoms with Gasteiger partial charge in [0.1, 0.15) is 5.75 Å². The van der Waals surface area contributed by atoms with Crippen molar-refractivity contribution in [1.29, 1.82) is 0 Å². The molecule has 1 amide bonds. The summed E-state index contributed by atoms with van der Waals surface area (Å²) in [6, 6.07) is 9.06. The molecule has 2 aromatic rings. The number of halogens is 4. The van der Waals surface area contributed by atoms with Gasteiger partial charge in [0.25, 0.3) is 0 Å². The van der Waals surface area contributed by atoms with Gasteiger partial charge in [-0.2, -0.15) is 13.2 Å². The van der Waals surface area contributed by atoms with Crippen molar-refractivity contribution in [2.24, 2.45) is 0 Å². The number of ether oxygens (including phenoxy) is 1. The number of hydrogen-bond donors (Lipinski definition) is 1. The number of nitrogens with zero attached hydrogens (tertiary/aromatic N) is 1. The fraction of sp³-hybridized carbons (Fsp3) is 0.316. The van der Waals surface area contributed by atoms with E-state index in [2.05, 4.69) is 5.32 Å². The summed E-state index contributed by atoms with van der Waals surface area (Å²) in [7, 11) is -2.26. The predicted octanol–water partition coefficient (Wildman–Crippen LogP) is 4.55. The number of sulfonamides is 1. The van der Waals surface area contributed by atoms with E-state index in [1.54, 1.807) is 0 Å². The van der Waals surface area contributed by atoms with Gasteiger partial charge in [0, 0.05) is 13.0 Å². The highest BCUT2D eigenvalue weighted by molar-refractivity contribution is 7.92. The highest BCUT2D eigenvalue weighted by Gasteiger charge is 2.33. The summed E-state index contributed by atoms with van der Waals surface area (Å²) in [5.74, 6) is -0.288. The first-order valence-corrected chi connectivity index (χ1v) is 10.9. The van der Waals surface area contributed by atoms with Crippen LogP contribution in [0.1, 0.15) is 18.4 Å². The van der Waals surface area contributed by atoms with E-state index in [0.717, 1.165) is 22.7 Å². The zero-order valence-corrected chi connectivity index (χ0v) is 17.7. The van der Waals surface area contributed by atoms with Crippen LogP contribution >= 0.6 is 11.6 Å². The van der Waals surface area contributed by atoms with E-state index in [1.165, 1.54) is 37.4 Å². The molecule has 0 aliphatic rings. The molecule has 0 saturated heterocycles. The number of benzene rings is 2. The van der Waals surface area contributed by atoms with Crippen LogP contribution in [0, 0.1) is 0 Å². The Bertz CT molecular complexity index is 1010. The first kappa shape index (κ1) is 23.8. The van der Waals surface area contributed by atoms with Crippen LogP contribution in [-0.4, -0.2) is 34.2 Å². The number of carbonyl (C=O) groups excluding carboxylic acids is 1. The predicted molar refractivity (Wildman–Crippen MR) is 110 cm³/mol. The molecule has 2 rings (SSSR count). The van der Waals surface area contributed by atoms with Crippen molar-refractivity contribution in [2.75, 3.05) is 29.5 Å². The van der Waals surface area contributed by atoms with Gasteiger partial charge >= 0.3 is 6.18 Å². The van der Waals surface area contributed by atoms with E-state index in [1.807, 2.05) is 0 Å². The molecule has 0 unspecified atom stereocenters. The van der Waals surface area contributed by atoms with E-state index in [9.17, 15) is 26.4 Å². The SMILES string of the molecule is COc1ccc(N(CCCC(=O)Nc2ccccc2C(F)(F)F)S(C)(=O)=O)cc1Cl. The lowest BCUT2D eigenvalue weighted by molar-refractivity contribution is -0.137. The van der Waals surface area contributed by atoms with Gasteiger partial charge in [0.2, 0.25) is 15.9 Å². The average Bonchev–Trinajstić information content (AvgIpc) is 2.63. The molecule has 0 fully saturated rings. The summed E-state index contributed by atoms with van der Waals surface area (Å²) in [5, 5.41) is 2.44. The van der Waals surface area contributed by atoms with Crippen LogP contribution in [0.4, 0.5) is 24.5 Å². The van der Waals surface area contributed by atoms with Gasteiger partial charge in [-0.1, -0.05) is 23.7 Å². The summed E-state index contributed by atoms with van der Waals surface area (Å²) >= 11 is 6.05. The van der Waals surface area contributed by atoms with Crippen molar-refractivity contribution >= 4 is 38.9 Å². The Kier molecular flexibility index (Phi) is 7.59. The third-order valence-corrected chi connectivity index (χ3v) is 5.58. The maximum absolute atomic E-state index is 13.0. The number of hydrogen-bond acceptors (Lipinski definition) is 4. The van der Waals surface area contributed by atoms with Crippen LogP contribution in [0.25, 0.3) is 0 Å². The summed E-state index contributed by atoms with van der Waals surface area (Å²) in [6.07, 6.45) is -3.70. The Hall–Kier alpha value is -2.46. The summed E-state index contributed by atoms with van der Waals surface area (Å²) in [5.41, 5.74) is -1.02. The van der Waals surface area contributed by atoms with Gasteiger partial charge in [-0.05, 0) is 36.8 Å². The van der Waals surface area contributed by atoms with Crippen LogP contribution in [0.2, 0.25) is 5.02 Å². The summed E-state index contributed by atoms with van der Waals surface area (Å²) in [6.45, 7) is -0.0597. The lowest BCUT2D eigenvalue weighted by Gasteiger charge is -2.23. The first-order valence-electron chi connectivity index (χ1n) is 8.71. The molecule has 1 N–H and O–H groups in total. The van der Waals surface area contributed by atoms with E-state index in [4.69, 9.17) is 16.3 Å². The number of methoxy groups -OCH3 is 1. The smallest absolute Gasteiger partial charge is 0.418 e. The van der Waals surface area contributed by atoms with Crippen LogP contribution < -0.4 is 14.4 Å². The van der Waals surface area contributed by atoms with Gasteiger partial charge < -0.3 is 10.1 Å². The fourth-order valence-corrected chi connectivity index (χ4v) is 3.94. The van der Waals surface area contributed by atoms with Crippen LogP contribution in [-0.2, 0) is 21.0 Å². The Morgan fingerprint density at radius 1 is 1.20 bits per heavy atom. The number of anilines is 2. The quantitative estimate of drug-likeness (QED) is 0.621. The van der Waals surface area contributed by atoms with E-state index in [0.29, 0.717) is 5.75 Å². The van der Waals surface area contributed by atoms with Gasteiger partial charge in [0.15, 0.2) is 0 Å². The molecule has 0 spiro atoms. The molecule has 164 valence electrons. The molecule has 0 heterocycles. The minimum atomic E-state index is -4.61. The number of para-hydroxylation sites is 1. The topological polar surface area (TPSA) is 75.7 Å². The molecule has 11 heteroatoms.